The van der Waals surface area contributed by atoms with Gasteiger partial charge in [0.25, 0.3) is 0 Å². The largest absolute Gasteiger partial charge is 1.00 e. The summed E-state index contributed by atoms with van der Waals surface area (Å²) in [6.45, 7) is 0. The summed E-state index contributed by atoms with van der Waals surface area (Å²) < 4.78 is 129. The number of carboxylic acid groups (broad SMARTS) is 4. The molecule has 0 saturated heterocycles. The van der Waals surface area contributed by atoms with Crippen LogP contribution < -0.4 is 39.3 Å². The first-order valence-electron chi connectivity index (χ1n) is 12.4. The minimum atomic E-state index is -5.19. The summed E-state index contributed by atoms with van der Waals surface area (Å²) in [4.78, 5) is 49.6. The normalized spacial score (nSPS) is 8.97. The number of aromatic nitrogens is 8. The van der Waals surface area contributed by atoms with Crippen molar-refractivity contribution in [1.82, 2.24) is 19.9 Å². The zero-order valence-corrected chi connectivity index (χ0v) is 34.5. The summed E-state index contributed by atoms with van der Waals surface area (Å²) in [7, 11) is 0. The zero-order chi connectivity index (χ0) is 44.8. The van der Waals surface area contributed by atoms with E-state index in [0.717, 1.165) is 0 Å². The van der Waals surface area contributed by atoms with Gasteiger partial charge in [0.15, 0.2) is 49.6 Å². The molecule has 62 heavy (non-hydrogen) atoms. The second-order valence-corrected chi connectivity index (χ2v) is 7.56. The van der Waals surface area contributed by atoms with Gasteiger partial charge in [0.1, 0.15) is 23.9 Å². The molecule has 4 aromatic rings. The van der Waals surface area contributed by atoms with Gasteiger partial charge in [0.05, 0.1) is 49.6 Å². The molecule has 0 aliphatic carbocycles. The van der Waals surface area contributed by atoms with Crippen LogP contribution >= 0.6 is 0 Å². The zero-order valence-electron chi connectivity index (χ0n) is 28.6. The summed E-state index contributed by atoms with van der Waals surface area (Å²) in [5, 5.41) is 75.7. The molecule has 368 valence electrons. The van der Waals surface area contributed by atoms with Gasteiger partial charge >= 0.3 is 114 Å². The van der Waals surface area contributed by atoms with Gasteiger partial charge in [-0.2, -0.15) is 71.6 Å². The Morgan fingerprint density at radius 1 is 0.323 bits per heavy atom. The molecule has 4 rings (SSSR count). The number of hydrogen-bond acceptors (Lipinski definition) is 16. The molecule has 6 N–H and O–H groups in total. The number of halogens is 12. The van der Waals surface area contributed by atoms with Crippen molar-refractivity contribution in [2.45, 2.75) is 24.7 Å². The Kier molecular flexibility index (Phi) is 56.5. The van der Waals surface area contributed by atoms with E-state index in [4.69, 9.17) is 39.6 Å². The SMILES string of the molecule is O=C([O-])C(F)(F)F.O=C([O-])C(F)(F)F.O=C([O-])C(F)(F)F.O=C([O-])C(F)(F)F.[Ag+].[Ag+].[Ag+].[Ag+].[O-][n+]1ccncc1.[O-][n+]1ccncc1.[O-][n+]1ccncc1.[O-][n+]1ccncc1.[OH3+].[OH3+]. The predicted octanol–water partition coefficient (Wildman–Crippen LogP) is -5.80. The molecule has 22 nitrogen and oxygen atoms in total. The Labute approximate surface area is 397 Å². The minimum Gasteiger partial charge on any atom is -0.619 e. The van der Waals surface area contributed by atoms with E-state index >= 15 is 0 Å². The Morgan fingerprint density at radius 3 is 0.435 bits per heavy atom. The number of rotatable bonds is 0. The number of nitrogens with zero attached hydrogens (tertiary/aromatic N) is 8. The molecule has 0 spiro atoms. The average Bonchev–Trinajstić information content (AvgIpc) is 3.06. The maximum absolute atomic E-state index is 10.5. The minimum absolute atomic E-state index is 0. The van der Waals surface area contributed by atoms with Crippen LogP contribution in [0.25, 0.3) is 0 Å². The van der Waals surface area contributed by atoms with E-state index in [-0.39, 0.29) is 100 Å². The molecule has 0 aliphatic rings. The fourth-order valence-corrected chi connectivity index (χ4v) is 1.23. The van der Waals surface area contributed by atoms with Gasteiger partial charge in [-0.15, -0.1) is 0 Å². The molecule has 0 amide bonds. The summed E-state index contributed by atoms with van der Waals surface area (Å²) >= 11 is 0. The molecule has 0 bridgehead atoms. The number of carboxylic acids is 4. The molecule has 0 unspecified atom stereocenters. The van der Waals surface area contributed by atoms with Crippen molar-refractivity contribution < 1.29 is 212 Å². The van der Waals surface area contributed by atoms with Gasteiger partial charge in [-0.3, -0.25) is 19.9 Å². The van der Waals surface area contributed by atoms with Gasteiger partial charge in [-0.1, -0.05) is 0 Å². The summed E-state index contributed by atoms with van der Waals surface area (Å²) in [6.07, 6.45) is 1.39. The number of carbonyl (C=O) groups excluding carboxylic acids is 4. The Hall–Kier alpha value is -4.56. The van der Waals surface area contributed by atoms with Crippen molar-refractivity contribution in [2.75, 3.05) is 0 Å². The monoisotopic (exact) mass is 1300 g/mol. The van der Waals surface area contributed by atoms with Crippen LogP contribution in [0, 0.1) is 20.8 Å². The second kappa shape index (κ2) is 43.1. The standard InChI is InChI=1S/4C4H4N2O.4C2HF3O2.4Ag.2H2O/c4*7-6-3-1-5-2-4-6;4*3-2(4,5)1(6)7;;;;;;/h4*1-4H;4*(H,6,7);;;;;2*1H2/q;;;;;;;;4*+1;;/p-2. The molecule has 4 heterocycles. The van der Waals surface area contributed by atoms with E-state index in [1.165, 1.54) is 99.1 Å². The van der Waals surface area contributed by atoms with Gasteiger partial charge < -0.3 is 71.4 Å². The van der Waals surface area contributed by atoms with Crippen molar-refractivity contribution in [2.24, 2.45) is 0 Å². The van der Waals surface area contributed by atoms with E-state index in [1.807, 2.05) is 0 Å². The third kappa shape index (κ3) is 62.1. The quantitative estimate of drug-likeness (QED) is 0.0520. The van der Waals surface area contributed by atoms with Crippen molar-refractivity contribution in [1.29, 1.82) is 0 Å². The molecule has 4 aromatic heterocycles. The molecule has 0 radical (unpaired) electrons. The number of aliphatic carboxylic acids is 4. The molecule has 38 heteroatoms. The molecule has 0 aromatic carbocycles. The Bertz CT molecular complexity index is 1420. The first kappa shape index (κ1) is 81.3. The summed E-state index contributed by atoms with van der Waals surface area (Å²) in [6, 6.07) is 0. The smallest absolute Gasteiger partial charge is 0.619 e. The van der Waals surface area contributed by atoms with Crippen LogP contribution in [0.4, 0.5) is 52.7 Å². The molecule has 0 fully saturated rings. The molecular formula is C24H22Ag4F12N8O14+2. The van der Waals surface area contributed by atoms with Gasteiger partial charge in [0, 0.05) is 0 Å². The number of alkyl halides is 12. The average molecular weight is 1310 g/mol. The van der Waals surface area contributed by atoms with Gasteiger partial charge in [0.2, 0.25) is 0 Å². The van der Waals surface area contributed by atoms with Crippen molar-refractivity contribution in [3.63, 3.8) is 0 Å². The van der Waals surface area contributed by atoms with E-state index < -0.39 is 48.6 Å². The Balaban J connectivity index is -0.0000000615. The van der Waals surface area contributed by atoms with Crippen LogP contribution in [-0.2, 0) is 120 Å². The number of carbonyl (C=O) groups is 4. The van der Waals surface area contributed by atoms with Crippen LogP contribution in [-0.4, -0.2) is 68.5 Å². The van der Waals surface area contributed by atoms with Crippen LogP contribution in [0.2, 0.25) is 0 Å². The Morgan fingerprint density at radius 2 is 0.403 bits per heavy atom. The number of hydrogen-bond donors (Lipinski definition) is 0. The van der Waals surface area contributed by atoms with Crippen molar-refractivity contribution >= 4 is 23.9 Å². The summed E-state index contributed by atoms with van der Waals surface area (Å²) in [5.74, 6) is -12.0. The van der Waals surface area contributed by atoms with Crippen molar-refractivity contribution in [3.8, 4) is 0 Å². The molecular weight excluding hydrogens is 1280 g/mol. The molecule has 0 atom stereocenters. The molecule has 0 aliphatic heterocycles. The third-order valence-corrected chi connectivity index (χ3v) is 3.32. The third-order valence-electron chi connectivity index (χ3n) is 3.32. The molecule has 0 saturated carbocycles. The van der Waals surface area contributed by atoms with Gasteiger partial charge in [-0.25, -0.2) is 0 Å². The fourth-order valence-electron chi connectivity index (χ4n) is 1.23. The predicted molar refractivity (Wildman–Crippen MR) is 147 cm³/mol. The van der Waals surface area contributed by atoms with E-state index in [2.05, 4.69) is 19.9 Å². The summed E-state index contributed by atoms with van der Waals surface area (Å²) in [5.41, 5.74) is 0. The van der Waals surface area contributed by atoms with Crippen LogP contribution in [0.15, 0.2) is 99.1 Å². The van der Waals surface area contributed by atoms with E-state index in [9.17, 15) is 73.5 Å². The van der Waals surface area contributed by atoms with Crippen molar-refractivity contribution in [3.05, 3.63) is 120 Å². The van der Waals surface area contributed by atoms with Crippen LogP contribution in [0.1, 0.15) is 0 Å². The fraction of sp³-hybridized carbons (Fsp3) is 0.167. The maximum Gasteiger partial charge on any atom is 1.00 e. The topological polar surface area (TPSA) is 386 Å². The van der Waals surface area contributed by atoms with E-state index in [0.29, 0.717) is 18.9 Å². The van der Waals surface area contributed by atoms with Crippen LogP contribution in [0.3, 0.4) is 0 Å². The maximum atomic E-state index is 10.5. The first-order chi connectivity index (χ1) is 25.3. The second-order valence-electron chi connectivity index (χ2n) is 7.56. The van der Waals surface area contributed by atoms with E-state index in [1.54, 1.807) is 0 Å². The van der Waals surface area contributed by atoms with Gasteiger partial charge in [-0.05, 0) is 0 Å². The first-order valence-corrected chi connectivity index (χ1v) is 12.4. The van der Waals surface area contributed by atoms with Crippen LogP contribution in [0.5, 0.6) is 0 Å².